The molecule has 7 heteroatoms. The van der Waals surface area contributed by atoms with Gasteiger partial charge in [-0.1, -0.05) is 24.6 Å². The van der Waals surface area contributed by atoms with Crippen molar-refractivity contribution in [3.8, 4) is 5.75 Å². The molecule has 1 heterocycles. The third kappa shape index (κ3) is 8.77. The van der Waals surface area contributed by atoms with Gasteiger partial charge in [-0.2, -0.15) is 0 Å². The maximum absolute atomic E-state index is 5.96. The van der Waals surface area contributed by atoms with Crippen LogP contribution in [0, 0.1) is 0 Å². The molecule has 0 saturated carbocycles. The average molecular weight is 495 g/mol. The number of ether oxygens (including phenoxy) is 1. The summed E-state index contributed by atoms with van der Waals surface area (Å²) in [6.07, 6.45) is 3.57. The molecule has 0 radical (unpaired) electrons. The number of nitrogens with zero attached hydrogens (tertiary/aromatic N) is 2. The SMILES string of the molecule is CCCN1CCC(NC(=NCCOc2cccc(Cl)c2)NCC)CC1.I. The van der Waals surface area contributed by atoms with E-state index in [9.17, 15) is 0 Å². The molecule has 0 aliphatic carbocycles. The monoisotopic (exact) mass is 494 g/mol. The molecule has 0 aromatic heterocycles. The number of hydrogen-bond acceptors (Lipinski definition) is 3. The first kappa shape index (κ1) is 23.3. The zero-order valence-electron chi connectivity index (χ0n) is 15.8. The van der Waals surface area contributed by atoms with E-state index in [2.05, 4.69) is 34.4 Å². The van der Waals surface area contributed by atoms with Gasteiger partial charge in [0.2, 0.25) is 0 Å². The third-order valence-electron chi connectivity index (χ3n) is 4.24. The standard InChI is InChI=1S/C19H31ClN4O.HI/c1-3-11-24-12-8-17(9-13-24)23-19(21-4-2)22-10-14-25-18-7-5-6-16(20)15-18;/h5-7,15,17H,3-4,8-14H2,1-2H3,(H2,21,22,23);1H. The van der Waals surface area contributed by atoms with Gasteiger partial charge in [-0.05, 0) is 50.9 Å². The van der Waals surface area contributed by atoms with Crippen LogP contribution in [0.2, 0.25) is 5.02 Å². The van der Waals surface area contributed by atoms with Gasteiger partial charge >= 0.3 is 0 Å². The van der Waals surface area contributed by atoms with Gasteiger partial charge in [-0.3, -0.25) is 0 Å². The summed E-state index contributed by atoms with van der Waals surface area (Å²) in [7, 11) is 0. The van der Waals surface area contributed by atoms with Crippen LogP contribution in [-0.4, -0.2) is 56.2 Å². The maximum Gasteiger partial charge on any atom is 0.191 e. The Labute approximate surface area is 179 Å². The van der Waals surface area contributed by atoms with Crippen molar-refractivity contribution in [2.24, 2.45) is 4.99 Å². The van der Waals surface area contributed by atoms with Gasteiger partial charge < -0.3 is 20.3 Å². The summed E-state index contributed by atoms with van der Waals surface area (Å²) in [4.78, 5) is 7.17. The molecule has 0 amide bonds. The van der Waals surface area contributed by atoms with Crippen LogP contribution in [0.1, 0.15) is 33.1 Å². The topological polar surface area (TPSA) is 48.9 Å². The fourth-order valence-corrected chi connectivity index (χ4v) is 3.19. The molecule has 148 valence electrons. The fourth-order valence-electron chi connectivity index (χ4n) is 3.01. The summed E-state index contributed by atoms with van der Waals surface area (Å²) < 4.78 is 5.69. The molecule has 1 aromatic rings. The van der Waals surface area contributed by atoms with E-state index < -0.39 is 0 Å². The zero-order valence-corrected chi connectivity index (χ0v) is 18.9. The van der Waals surface area contributed by atoms with Crippen LogP contribution in [0.4, 0.5) is 0 Å². The van der Waals surface area contributed by atoms with Gasteiger partial charge in [0.1, 0.15) is 12.4 Å². The summed E-state index contributed by atoms with van der Waals surface area (Å²) in [6, 6.07) is 7.95. The molecule has 1 fully saturated rings. The molecule has 1 aliphatic heterocycles. The number of piperidine rings is 1. The van der Waals surface area contributed by atoms with Crippen LogP contribution < -0.4 is 15.4 Å². The van der Waals surface area contributed by atoms with Gasteiger partial charge in [-0.25, -0.2) is 4.99 Å². The van der Waals surface area contributed by atoms with Gasteiger partial charge in [0.05, 0.1) is 6.54 Å². The Morgan fingerprint density at radius 1 is 1.31 bits per heavy atom. The number of nitrogens with one attached hydrogen (secondary N) is 2. The van der Waals surface area contributed by atoms with E-state index in [-0.39, 0.29) is 24.0 Å². The molecule has 0 bridgehead atoms. The molecular formula is C19H32ClIN4O. The first-order valence-electron chi connectivity index (χ1n) is 9.36. The normalized spacial score (nSPS) is 16.0. The second-order valence-corrected chi connectivity index (χ2v) is 6.76. The molecular weight excluding hydrogens is 463 g/mol. The predicted molar refractivity (Wildman–Crippen MR) is 121 cm³/mol. The quantitative estimate of drug-likeness (QED) is 0.250. The summed E-state index contributed by atoms with van der Waals surface area (Å²) in [5.74, 6) is 1.66. The van der Waals surface area contributed by atoms with Crippen LogP contribution in [0.5, 0.6) is 5.75 Å². The molecule has 1 saturated heterocycles. The number of rotatable bonds is 8. The van der Waals surface area contributed by atoms with Crippen molar-refractivity contribution < 1.29 is 4.74 Å². The van der Waals surface area contributed by atoms with Crippen LogP contribution in [0.3, 0.4) is 0 Å². The molecule has 5 nitrogen and oxygen atoms in total. The Bertz CT molecular complexity index is 536. The molecule has 26 heavy (non-hydrogen) atoms. The highest BCUT2D eigenvalue weighted by molar-refractivity contribution is 14.0. The summed E-state index contributed by atoms with van der Waals surface area (Å²) in [6.45, 7) is 9.88. The molecule has 1 aliphatic rings. The Morgan fingerprint density at radius 3 is 2.73 bits per heavy atom. The summed E-state index contributed by atoms with van der Waals surface area (Å²) in [5.41, 5.74) is 0. The lowest BCUT2D eigenvalue weighted by molar-refractivity contribution is 0.206. The van der Waals surface area contributed by atoms with Crippen molar-refractivity contribution in [1.29, 1.82) is 0 Å². The lowest BCUT2D eigenvalue weighted by Crippen LogP contribution is -2.48. The minimum atomic E-state index is 0. The van der Waals surface area contributed by atoms with Crippen LogP contribution in [0.25, 0.3) is 0 Å². The van der Waals surface area contributed by atoms with E-state index in [0.29, 0.717) is 24.2 Å². The second-order valence-electron chi connectivity index (χ2n) is 6.33. The van der Waals surface area contributed by atoms with Gasteiger partial charge in [-0.15, -0.1) is 24.0 Å². The Morgan fingerprint density at radius 2 is 2.08 bits per heavy atom. The van der Waals surface area contributed by atoms with E-state index >= 15 is 0 Å². The summed E-state index contributed by atoms with van der Waals surface area (Å²) >= 11 is 5.96. The second kappa shape index (κ2) is 13.4. The predicted octanol–water partition coefficient (Wildman–Crippen LogP) is 3.77. The minimum absolute atomic E-state index is 0. The largest absolute Gasteiger partial charge is 0.492 e. The maximum atomic E-state index is 5.96. The van der Waals surface area contributed by atoms with Crippen molar-refractivity contribution in [2.45, 2.75) is 39.2 Å². The average Bonchev–Trinajstić information content (AvgIpc) is 2.61. The zero-order chi connectivity index (χ0) is 17.9. The molecule has 2 N–H and O–H groups in total. The Hall–Kier alpha value is -0.730. The molecule has 1 aromatic carbocycles. The van der Waals surface area contributed by atoms with Crippen molar-refractivity contribution in [3.05, 3.63) is 29.3 Å². The Kier molecular flexibility index (Phi) is 12.0. The van der Waals surface area contributed by atoms with Crippen molar-refractivity contribution in [1.82, 2.24) is 15.5 Å². The fraction of sp³-hybridized carbons (Fsp3) is 0.632. The first-order valence-corrected chi connectivity index (χ1v) is 9.74. The van der Waals surface area contributed by atoms with E-state index in [1.807, 2.05) is 24.3 Å². The smallest absolute Gasteiger partial charge is 0.191 e. The van der Waals surface area contributed by atoms with Crippen LogP contribution >= 0.6 is 35.6 Å². The first-order chi connectivity index (χ1) is 12.2. The number of benzene rings is 1. The third-order valence-corrected chi connectivity index (χ3v) is 4.47. The molecule has 0 unspecified atom stereocenters. The molecule has 0 spiro atoms. The highest BCUT2D eigenvalue weighted by Crippen LogP contribution is 2.16. The Balaban J connectivity index is 0.00000338. The summed E-state index contributed by atoms with van der Waals surface area (Å²) in [5, 5.41) is 7.57. The molecule has 0 atom stereocenters. The van der Waals surface area contributed by atoms with Gasteiger partial charge in [0, 0.05) is 30.7 Å². The number of aliphatic imine (C=N–C) groups is 1. The van der Waals surface area contributed by atoms with Crippen LogP contribution in [-0.2, 0) is 0 Å². The minimum Gasteiger partial charge on any atom is -0.492 e. The van der Waals surface area contributed by atoms with E-state index in [4.69, 9.17) is 16.3 Å². The lowest BCUT2D eigenvalue weighted by Gasteiger charge is -2.32. The number of hydrogen-bond donors (Lipinski definition) is 2. The van der Waals surface area contributed by atoms with E-state index in [0.717, 1.165) is 18.3 Å². The van der Waals surface area contributed by atoms with Crippen molar-refractivity contribution in [2.75, 3.05) is 39.3 Å². The van der Waals surface area contributed by atoms with Crippen molar-refractivity contribution in [3.63, 3.8) is 0 Å². The highest BCUT2D eigenvalue weighted by atomic mass is 127. The number of likely N-dealkylation sites (tertiary alicyclic amines) is 1. The highest BCUT2D eigenvalue weighted by Gasteiger charge is 2.19. The van der Waals surface area contributed by atoms with E-state index in [1.165, 1.54) is 38.9 Å². The van der Waals surface area contributed by atoms with E-state index in [1.54, 1.807) is 0 Å². The van der Waals surface area contributed by atoms with Crippen molar-refractivity contribution >= 4 is 41.5 Å². The number of guanidine groups is 1. The number of halogens is 2. The lowest BCUT2D eigenvalue weighted by atomic mass is 10.1. The van der Waals surface area contributed by atoms with Crippen LogP contribution in [0.15, 0.2) is 29.3 Å². The van der Waals surface area contributed by atoms with Gasteiger partial charge in [0.25, 0.3) is 0 Å². The molecule has 2 rings (SSSR count). The van der Waals surface area contributed by atoms with Gasteiger partial charge in [0.15, 0.2) is 5.96 Å².